The molecule has 1 aromatic heterocycles. The van der Waals surface area contributed by atoms with Gasteiger partial charge < -0.3 is 5.32 Å². The molecule has 0 amide bonds. The lowest BCUT2D eigenvalue weighted by molar-refractivity contribution is 0.334. The van der Waals surface area contributed by atoms with Crippen molar-refractivity contribution in [2.75, 3.05) is 13.1 Å². The van der Waals surface area contributed by atoms with E-state index in [1.807, 2.05) is 0 Å². The van der Waals surface area contributed by atoms with Crippen LogP contribution in [0, 0.1) is 19.8 Å². The monoisotopic (exact) mass is 207 g/mol. The molecule has 1 fully saturated rings. The Morgan fingerprint density at radius 2 is 2.40 bits per heavy atom. The molecule has 0 bridgehead atoms. The van der Waals surface area contributed by atoms with Crippen molar-refractivity contribution in [3.05, 3.63) is 17.5 Å². The first-order chi connectivity index (χ1) is 7.25. The van der Waals surface area contributed by atoms with Crippen LogP contribution in [0.4, 0.5) is 0 Å². The molecule has 0 aliphatic carbocycles. The van der Waals surface area contributed by atoms with Gasteiger partial charge in [0.1, 0.15) is 0 Å². The highest BCUT2D eigenvalue weighted by Crippen LogP contribution is 2.15. The van der Waals surface area contributed by atoms with E-state index in [0.29, 0.717) is 0 Å². The smallest absolute Gasteiger partial charge is 0.0596 e. The fraction of sp³-hybridized carbons (Fsp3) is 0.750. The maximum Gasteiger partial charge on any atom is 0.0596 e. The van der Waals surface area contributed by atoms with Gasteiger partial charge in [-0.1, -0.05) is 0 Å². The summed E-state index contributed by atoms with van der Waals surface area (Å²) in [5.41, 5.74) is 2.42. The molecule has 1 aromatic rings. The van der Waals surface area contributed by atoms with Crippen LogP contribution in [0.5, 0.6) is 0 Å². The molecule has 3 nitrogen and oxygen atoms in total. The van der Waals surface area contributed by atoms with E-state index in [2.05, 4.69) is 35.0 Å². The number of piperidine rings is 1. The lowest BCUT2D eigenvalue weighted by Crippen LogP contribution is -2.30. The van der Waals surface area contributed by atoms with Crippen LogP contribution in [0.3, 0.4) is 0 Å². The van der Waals surface area contributed by atoms with Gasteiger partial charge in [-0.05, 0) is 58.2 Å². The molecule has 0 spiro atoms. The average Bonchev–Trinajstić information content (AvgIpc) is 2.56. The fourth-order valence-electron chi connectivity index (χ4n) is 2.38. The van der Waals surface area contributed by atoms with Crippen molar-refractivity contribution in [2.45, 2.75) is 39.7 Å². The molecular weight excluding hydrogens is 186 g/mol. The van der Waals surface area contributed by atoms with Crippen molar-refractivity contribution in [3.63, 3.8) is 0 Å². The van der Waals surface area contributed by atoms with Crippen LogP contribution >= 0.6 is 0 Å². The summed E-state index contributed by atoms with van der Waals surface area (Å²) in [5.74, 6) is 0.850. The normalized spacial score (nSPS) is 21.9. The molecule has 0 aromatic carbocycles. The molecule has 3 heteroatoms. The van der Waals surface area contributed by atoms with Crippen molar-refractivity contribution in [2.24, 2.45) is 5.92 Å². The highest BCUT2D eigenvalue weighted by Gasteiger charge is 2.13. The Bertz CT molecular complexity index is 311. The Kier molecular flexibility index (Phi) is 3.41. The Balaban J connectivity index is 1.84. The Labute approximate surface area is 91.9 Å². The molecule has 1 unspecified atom stereocenters. The first-order valence-corrected chi connectivity index (χ1v) is 5.97. The summed E-state index contributed by atoms with van der Waals surface area (Å²) >= 11 is 0. The number of rotatable bonds is 3. The average molecular weight is 207 g/mol. The van der Waals surface area contributed by atoms with Gasteiger partial charge in [-0.15, -0.1) is 0 Å². The lowest BCUT2D eigenvalue weighted by Gasteiger charge is -2.22. The van der Waals surface area contributed by atoms with Crippen molar-refractivity contribution in [1.82, 2.24) is 15.1 Å². The number of aromatic nitrogens is 2. The van der Waals surface area contributed by atoms with Crippen LogP contribution in [0.15, 0.2) is 6.07 Å². The highest BCUT2D eigenvalue weighted by molar-refractivity contribution is 5.06. The summed E-state index contributed by atoms with van der Waals surface area (Å²) < 4.78 is 2.14. The van der Waals surface area contributed by atoms with E-state index in [0.717, 1.165) is 18.2 Å². The van der Waals surface area contributed by atoms with Gasteiger partial charge in [0.2, 0.25) is 0 Å². The van der Waals surface area contributed by atoms with Gasteiger partial charge in [0.05, 0.1) is 5.69 Å². The van der Waals surface area contributed by atoms with Crippen LogP contribution in [0.25, 0.3) is 0 Å². The molecule has 1 saturated heterocycles. The molecule has 1 N–H and O–H groups in total. The summed E-state index contributed by atoms with van der Waals surface area (Å²) in [7, 11) is 0. The van der Waals surface area contributed by atoms with Crippen LogP contribution in [-0.2, 0) is 6.54 Å². The third kappa shape index (κ3) is 2.81. The zero-order valence-corrected chi connectivity index (χ0v) is 9.79. The van der Waals surface area contributed by atoms with Crippen molar-refractivity contribution in [3.8, 4) is 0 Å². The number of hydrogen-bond acceptors (Lipinski definition) is 2. The first-order valence-electron chi connectivity index (χ1n) is 5.97. The maximum atomic E-state index is 4.49. The van der Waals surface area contributed by atoms with E-state index in [1.54, 1.807) is 0 Å². The molecule has 2 rings (SSSR count). The molecule has 1 atom stereocenters. The van der Waals surface area contributed by atoms with Crippen LogP contribution in [0.2, 0.25) is 0 Å². The number of hydrogen-bond donors (Lipinski definition) is 1. The van der Waals surface area contributed by atoms with Gasteiger partial charge in [-0.25, -0.2) is 0 Å². The second-order valence-electron chi connectivity index (χ2n) is 4.65. The fourth-order valence-corrected chi connectivity index (χ4v) is 2.38. The summed E-state index contributed by atoms with van der Waals surface area (Å²) in [6.07, 6.45) is 3.98. The van der Waals surface area contributed by atoms with E-state index in [4.69, 9.17) is 0 Å². The van der Waals surface area contributed by atoms with E-state index in [-0.39, 0.29) is 0 Å². The largest absolute Gasteiger partial charge is 0.316 e. The molecule has 0 radical (unpaired) electrons. The highest BCUT2D eigenvalue weighted by atomic mass is 15.3. The van der Waals surface area contributed by atoms with Gasteiger partial charge in [-0.3, -0.25) is 4.68 Å². The Morgan fingerprint density at radius 1 is 1.53 bits per heavy atom. The Morgan fingerprint density at radius 3 is 3.00 bits per heavy atom. The molecule has 84 valence electrons. The number of nitrogens with one attached hydrogen (secondary N) is 1. The topological polar surface area (TPSA) is 29.9 Å². The third-order valence-corrected chi connectivity index (χ3v) is 3.25. The number of nitrogens with zero attached hydrogens (tertiary/aromatic N) is 2. The van der Waals surface area contributed by atoms with E-state index < -0.39 is 0 Å². The molecule has 0 saturated carbocycles. The molecule has 1 aliphatic heterocycles. The van der Waals surface area contributed by atoms with E-state index >= 15 is 0 Å². The summed E-state index contributed by atoms with van der Waals surface area (Å²) in [6, 6.07) is 2.15. The SMILES string of the molecule is Cc1cc(C)n(CCC2CCCNC2)n1. The van der Waals surface area contributed by atoms with Gasteiger partial charge in [0.15, 0.2) is 0 Å². The predicted octanol–water partition coefficient (Wildman–Crippen LogP) is 1.89. The second-order valence-corrected chi connectivity index (χ2v) is 4.65. The minimum absolute atomic E-state index is 0.850. The molecule has 2 heterocycles. The van der Waals surface area contributed by atoms with Crippen LogP contribution in [0.1, 0.15) is 30.7 Å². The number of aryl methyl sites for hydroxylation is 3. The predicted molar refractivity (Wildman–Crippen MR) is 61.9 cm³/mol. The quantitative estimate of drug-likeness (QED) is 0.820. The zero-order valence-electron chi connectivity index (χ0n) is 9.79. The third-order valence-electron chi connectivity index (χ3n) is 3.25. The first kappa shape index (κ1) is 10.7. The van der Waals surface area contributed by atoms with Crippen LogP contribution < -0.4 is 5.32 Å². The minimum Gasteiger partial charge on any atom is -0.316 e. The van der Waals surface area contributed by atoms with E-state index in [9.17, 15) is 0 Å². The summed E-state index contributed by atoms with van der Waals surface area (Å²) in [5, 5.41) is 7.95. The minimum atomic E-state index is 0.850. The Hall–Kier alpha value is -0.830. The second kappa shape index (κ2) is 4.79. The van der Waals surface area contributed by atoms with Gasteiger partial charge >= 0.3 is 0 Å². The summed E-state index contributed by atoms with van der Waals surface area (Å²) in [4.78, 5) is 0. The van der Waals surface area contributed by atoms with Gasteiger partial charge in [0, 0.05) is 12.2 Å². The maximum absolute atomic E-state index is 4.49. The van der Waals surface area contributed by atoms with Crippen LogP contribution in [-0.4, -0.2) is 22.9 Å². The molecular formula is C12H21N3. The van der Waals surface area contributed by atoms with E-state index in [1.165, 1.54) is 38.0 Å². The zero-order chi connectivity index (χ0) is 10.7. The lowest BCUT2D eigenvalue weighted by atomic mass is 9.96. The summed E-state index contributed by atoms with van der Waals surface area (Å²) in [6.45, 7) is 7.67. The van der Waals surface area contributed by atoms with Gasteiger partial charge in [0.25, 0.3) is 0 Å². The molecule has 15 heavy (non-hydrogen) atoms. The van der Waals surface area contributed by atoms with Crippen molar-refractivity contribution >= 4 is 0 Å². The van der Waals surface area contributed by atoms with Gasteiger partial charge in [-0.2, -0.15) is 5.10 Å². The van der Waals surface area contributed by atoms with Crippen molar-refractivity contribution in [1.29, 1.82) is 0 Å². The standard InChI is InChI=1S/C12H21N3/c1-10-8-11(2)15(14-10)7-5-12-4-3-6-13-9-12/h8,12-13H,3-7,9H2,1-2H3. The van der Waals surface area contributed by atoms with Crippen molar-refractivity contribution < 1.29 is 0 Å². The molecule has 1 aliphatic rings.